The van der Waals surface area contributed by atoms with Gasteiger partial charge in [0.1, 0.15) is 11.5 Å². The molecular weight excluding hydrogens is 406 g/mol. The van der Waals surface area contributed by atoms with E-state index in [0.717, 1.165) is 58.4 Å². The van der Waals surface area contributed by atoms with E-state index in [-0.39, 0.29) is 5.91 Å². The van der Waals surface area contributed by atoms with Gasteiger partial charge in [0.15, 0.2) is 0 Å². The number of ether oxygens (including phenoxy) is 2. The molecule has 4 heterocycles. The van der Waals surface area contributed by atoms with Crippen LogP contribution in [0.2, 0.25) is 0 Å². The summed E-state index contributed by atoms with van der Waals surface area (Å²) >= 11 is 0. The second-order valence-corrected chi connectivity index (χ2v) is 9.91. The molecule has 174 valence electrons. The first-order valence-electron chi connectivity index (χ1n) is 12.1. The zero-order valence-electron chi connectivity index (χ0n) is 19.3. The lowest BCUT2D eigenvalue weighted by atomic mass is 9.75. The molecule has 4 saturated heterocycles. The monoisotopic (exact) mass is 441 g/mol. The Morgan fingerprint density at radius 1 is 1.03 bits per heavy atom. The van der Waals surface area contributed by atoms with Gasteiger partial charge in [-0.25, -0.2) is 0 Å². The maximum Gasteiger partial charge on any atom is 0.257 e. The van der Waals surface area contributed by atoms with E-state index >= 15 is 0 Å². The first-order valence-corrected chi connectivity index (χ1v) is 12.1. The van der Waals surface area contributed by atoms with Crippen LogP contribution in [0.3, 0.4) is 0 Å². The number of carbonyl (C=O) groups excluding carboxylic acids is 2. The van der Waals surface area contributed by atoms with Crippen molar-refractivity contribution in [1.29, 1.82) is 0 Å². The minimum Gasteiger partial charge on any atom is -0.497 e. The van der Waals surface area contributed by atoms with E-state index in [1.807, 2.05) is 11.0 Å². The van der Waals surface area contributed by atoms with Crippen molar-refractivity contribution >= 4 is 11.8 Å². The Balaban J connectivity index is 1.20. The van der Waals surface area contributed by atoms with Gasteiger partial charge >= 0.3 is 0 Å². The average Bonchev–Trinajstić information content (AvgIpc) is 2.84. The number of rotatable bonds is 4. The molecule has 0 aliphatic carbocycles. The van der Waals surface area contributed by atoms with Crippen molar-refractivity contribution in [3.8, 4) is 11.5 Å². The van der Waals surface area contributed by atoms with Crippen LogP contribution in [-0.4, -0.2) is 85.5 Å². The Morgan fingerprint density at radius 3 is 2.59 bits per heavy atom. The maximum atomic E-state index is 13.2. The lowest BCUT2D eigenvalue weighted by Crippen LogP contribution is -2.62. The summed E-state index contributed by atoms with van der Waals surface area (Å²) in [6, 6.07) is 6.38. The van der Waals surface area contributed by atoms with Crippen molar-refractivity contribution in [2.75, 3.05) is 46.9 Å². The van der Waals surface area contributed by atoms with E-state index in [1.54, 1.807) is 26.4 Å². The van der Waals surface area contributed by atoms with Gasteiger partial charge in [-0.3, -0.25) is 14.5 Å². The molecule has 3 atom stereocenters. The summed E-state index contributed by atoms with van der Waals surface area (Å²) in [6.45, 7) is 4.70. The van der Waals surface area contributed by atoms with Crippen LogP contribution < -0.4 is 9.47 Å². The predicted octanol–water partition coefficient (Wildman–Crippen LogP) is 2.64. The number of amides is 2. The number of fused-ring (bicyclic) bond motifs is 4. The molecule has 32 heavy (non-hydrogen) atoms. The predicted molar refractivity (Wildman–Crippen MR) is 121 cm³/mol. The fourth-order valence-corrected chi connectivity index (χ4v) is 6.53. The highest BCUT2D eigenvalue weighted by Crippen LogP contribution is 2.39. The fraction of sp³-hybridized carbons (Fsp3) is 0.680. The van der Waals surface area contributed by atoms with E-state index in [1.165, 1.54) is 12.8 Å². The molecule has 7 nitrogen and oxygen atoms in total. The summed E-state index contributed by atoms with van der Waals surface area (Å²) in [5.41, 5.74) is 0.598. The molecule has 5 rings (SSSR count). The van der Waals surface area contributed by atoms with Crippen molar-refractivity contribution in [2.24, 2.45) is 11.8 Å². The third-order valence-corrected chi connectivity index (χ3v) is 8.12. The number of benzene rings is 1. The number of carbonyl (C=O) groups is 2. The molecule has 2 bridgehead atoms. The Hall–Kier alpha value is -2.28. The molecule has 4 fully saturated rings. The van der Waals surface area contributed by atoms with E-state index in [9.17, 15) is 9.59 Å². The van der Waals surface area contributed by atoms with Gasteiger partial charge in [-0.2, -0.15) is 0 Å². The van der Waals surface area contributed by atoms with E-state index in [2.05, 4.69) is 9.80 Å². The molecule has 4 aliphatic rings. The largest absolute Gasteiger partial charge is 0.497 e. The highest BCUT2D eigenvalue weighted by Gasteiger charge is 2.45. The van der Waals surface area contributed by atoms with Crippen LogP contribution in [0, 0.1) is 11.8 Å². The zero-order chi connectivity index (χ0) is 22.2. The maximum absolute atomic E-state index is 13.2. The van der Waals surface area contributed by atoms with Crippen molar-refractivity contribution in [2.45, 2.75) is 50.6 Å². The number of nitrogens with zero attached hydrogens (tertiary/aromatic N) is 3. The van der Waals surface area contributed by atoms with Gasteiger partial charge in [0.05, 0.1) is 19.8 Å². The van der Waals surface area contributed by atoms with Crippen LogP contribution in [0.25, 0.3) is 0 Å². The number of hydrogen-bond acceptors (Lipinski definition) is 5. The Bertz CT molecular complexity index is 867. The Morgan fingerprint density at radius 2 is 1.84 bits per heavy atom. The van der Waals surface area contributed by atoms with Crippen molar-refractivity contribution < 1.29 is 19.1 Å². The van der Waals surface area contributed by atoms with Gasteiger partial charge in [-0.05, 0) is 56.1 Å². The molecule has 0 N–H and O–H groups in total. The minimum atomic E-state index is 0.0369. The average molecular weight is 442 g/mol. The normalized spacial score (nSPS) is 28.9. The van der Waals surface area contributed by atoms with E-state index in [0.29, 0.717) is 46.9 Å². The molecule has 0 saturated carbocycles. The van der Waals surface area contributed by atoms with Crippen molar-refractivity contribution in [3.63, 3.8) is 0 Å². The van der Waals surface area contributed by atoms with Crippen LogP contribution in [0.5, 0.6) is 11.5 Å². The Kier molecular flexibility index (Phi) is 6.01. The number of likely N-dealkylation sites (tertiary alicyclic amines) is 2. The highest BCUT2D eigenvalue weighted by molar-refractivity contribution is 5.97. The molecule has 1 aromatic carbocycles. The SMILES string of the molecule is COc1ccc(C(=O)N2CCC(N3CC4CC(C3)[C@H]3CCCC(=O)N3C4)CC2)c(OC)c1. The van der Waals surface area contributed by atoms with Crippen molar-refractivity contribution in [3.05, 3.63) is 23.8 Å². The summed E-state index contributed by atoms with van der Waals surface area (Å²) in [5.74, 6) is 2.89. The second-order valence-electron chi connectivity index (χ2n) is 9.91. The van der Waals surface area contributed by atoms with Crippen LogP contribution in [-0.2, 0) is 4.79 Å². The lowest BCUT2D eigenvalue weighted by molar-refractivity contribution is -0.145. The van der Waals surface area contributed by atoms with Crippen molar-refractivity contribution in [1.82, 2.24) is 14.7 Å². The molecule has 0 spiro atoms. The molecule has 1 aromatic rings. The standard InChI is InChI=1S/C25H35N3O4/c1-31-20-6-7-21(23(13-20)32-2)25(30)26-10-8-19(9-11-26)27-14-17-12-18(16-27)22-4-3-5-24(29)28(22)15-17/h6-7,13,17-19,22H,3-5,8-12,14-16H2,1-2H3/t17?,18?,22-/m1/s1. The topological polar surface area (TPSA) is 62.3 Å². The molecule has 4 aliphatic heterocycles. The summed E-state index contributed by atoms with van der Waals surface area (Å²) in [7, 11) is 3.20. The molecule has 0 aromatic heterocycles. The van der Waals surface area contributed by atoms with Gasteiger partial charge in [-0.15, -0.1) is 0 Å². The van der Waals surface area contributed by atoms with Crippen LogP contribution >= 0.6 is 0 Å². The number of hydrogen-bond donors (Lipinski definition) is 0. The van der Waals surface area contributed by atoms with E-state index in [4.69, 9.17) is 9.47 Å². The van der Waals surface area contributed by atoms with Gasteiger partial charge in [0.25, 0.3) is 5.91 Å². The first kappa shape index (κ1) is 21.6. The molecule has 0 radical (unpaired) electrons. The molecule has 2 unspecified atom stereocenters. The highest BCUT2D eigenvalue weighted by atomic mass is 16.5. The molecule has 2 amide bonds. The molecule has 7 heteroatoms. The summed E-state index contributed by atoms with van der Waals surface area (Å²) in [5, 5.41) is 0. The number of methoxy groups -OCH3 is 2. The number of piperidine rings is 4. The third kappa shape index (κ3) is 3.96. The second kappa shape index (κ2) is 8.93. The van der Waals surface area contributed by atoms with Gasteiger partial charge in [0, 0.05) is 57.3 Å². The minimum absolute atomic E-state index is 0.0369. The lowest BCUT2D eigenvalue weighted by Gasteiger charge is -2.54. The van der Waals surface area contributed by atoms with Crippen LogP contribution in [0.4, 0.5) is 0 Å². The van der Waals surface area contributed by atoms with Gasteiger partial charge in [-0.1, -0.05) is 0 Å². The van der Waals surface area contributed by atoms with Gasteiger partial charge in [0.2, 0.25) is 5.91 Å². The van der Waals surface area contributed by atoms with Crippen LogP contribution in [0.15, 0.2) is 18.2 Å². The summed E-state index contributed by atoms with van der Waals surface area (Å²) < 4.78 is 10.7. The molecular formula is C25H35N3O4. The first-order chi connectivity index (χ1) is 15.6. The quantitative estimate of drug-likeness (QED) is 0.719. The smallest absolute Gasteiger partial charge is 0.257 e. The third-order valence-electron chi connectivity index (χ3n) is 8.12. The summed E-state index contributed by atoms with van der Waals surface area (Å²) in [4.78, 5) is 32.4. The van der Waals surface area contributed by atoms with Crippen LogP contribution in [0.1, 0.15) is 48.9 Å². The zero-order valence-corrected chi connectivity index (χ0v) is 19.3. The Labute approximate surface area is 190 Å². The summed E-state index contributed by atoms with van der Waals surface area (Å²) in [6.07, 6.45) is 6.27. The fourth-order valence-electron chi connectivity index (χ4n) is 6.53. The van der Waals surface area contributed by atoms with E-state index < -0.39 is 0 Å². The van der Waals surface area contributed by atoms with Gasteiger partial charge < -0.3 is 19.3 Å².